The van der Waals surface area contributed by atoms with E-state index < -0.39 is 0 Å². The Morgan fingerprint density at radius 3 is 1.40 bits per heavy atom. The van der Waals surface area contributed by atoms with Gasteiger partial charge in [-0.1, -0.05) is 135 Å². The van der Waals surface area contributed by atoms with Crippen molar-refractivity contribution in [2.45, 2.75) is 19.3 Å². The third kappa shape index (κ3) is 4.33. The normalized spacial score (nSPS) is 13.1. The van der Waals surface area contributed by atoms with E-state index in [1.807, 2.05) is 60.7 Å². The Morgan fingerprint density at radius 2 is 0.814 bits per heavy atom. The van der Waals surface area contributed by atoms with Gasteiger partial charge >= 0.3 is 0 Å². The summed E-state index contributed by atoms with van der Waals surface area (Å²) in [6.07, 6.45) is 0. The maximum absolute atomic E-state index is 4.89. The number of rotatable bonds is 4. The molecule has 0 saturated carbocycles. The molecular formula is C40H29N3. The van der Waals surface area contributed by atoms with E-state index in [4.69, 9.17) is 15.0 Å². The summed E-state index contributed by atoms with van der Waals surface area (Å²) in [6.45, 7) is 4.67. The average Bonchev–Trinajstić information content (AvgIpc) is 3.29. The minimum atomic E-state index is -0.0390. The van der Waals surface area contributed by atoms with Crippen LogP contribution in [0.3, 0.4) is 0 Å². The summed E-state index contributed by atoms with van der Waals surface area (Å²) >= 11 is 0. The highest BCUT2D eigenvalue weighted by atomic mass is 15.0. The Morgan fingerprint density at radius 1 is 0.372 bits per heavy atom. The molecule has 204 valence electrons. The third-order valence-electron chi connectivity index (χ3n) is 8.72. The van der Waals surface area contributed by atoms with Crippen molar-refractivity contribution in [1.82, 2.24) is 15.0 Å². The zero-order chi connectivity index (χ0) is 29.0. The molecule has 1 heterocycles. The number of aromatic nitrogens is 3. The van der Waals surface area contributed by atoms with Gasteiger partial charge in [-0.15, -0.1) is 0 Å². The third-order valence-corrected chi connectivity index (χ3v) is 8.72. The maximum atomic E-state index is 4.89. The van der Waals surface area contributed by atoms with Crippen LogP contribution in [0.25, 0.3) is 67.2 Å². The smallest absolute Gasteiger partial charge is 0.164 e. The lowest BCUT2D eigenvalue weighted by Crippen LogP contribution is -2.14. The van der Waals surface area contributed by atoms with Crippen molar-refractivity contribution in [2.75, 3.05) is 0 Å². The number of fused-ring (bicyclic) bond motifs is 4. The van der Waals surface area contributed by atoms with Crippen molar-refractivity contribution in [2.24, 2.45) is 0 Å². The summed E-state index contributed by atoms with van der Waals surface area (Å²) in [5.41, 5.74) is 10.7. The summed E-state index contributed by atoms with van der Waals surface area (Å²) in [5, 5.41) is 2.57. The summed E-state index contributed by atoms with van der Waals surface area (Å²) in [6, 6.07) is 49.1. The van der Waals surface area contributed by atoms with Gasteiger partial charge in [0.2, 0.25) is 0 Å². The summed E-state index contributed by atoms with van der Waals surface area (Å²) in [7, 11) is 0. The SMILES string of the molecule is CC1(C)c2ccc(-c3ccc(-c4nc(-c5ccccc5)nc(-c5ccccc5)n4)cc3)cc2-c2cc3ccccc3cc21. The highest BCUT2D eigenvalue weighted by Gasteiger charge is 2.35. The molecule has 0 bridgehead atoms. The van der Waals surface area contributed by atoms with Crippen LogP contribution in [-0.4, -0.2) is 15.0 Å². The number of hydrogen-bond acceptors (Lipinski definition) is 3. The first-order chi connectivity index (χ1) is 21.0. The largest absolute Gasteiger partial charge is 0.208 e. The van der Waals surface area contributed by atoms with E-state index in [0.717, 1.165) is 16.7 Å². The van der Waals surface area contributed by atoms with E-state index in [2.05, 4.69) is 92.7 Å². The van der Waals surface area contributed by atoms with Crippen LogP contribution in [0.1, 0.15) is 25.0 Å². The van der Waals surface area contributed by atoms with Crippen LogP contribution in [0, 0.1) is 0 Å². The summed E-state index contributed by atoms with van der Waals surface area (Å²) < 4.78 is 0. The van der Waals surface area contributed by atoms with E-state index in [9.17, 15) is 0 Å². The predicted octanol–water partition coefficient (Wildman–Crippen LogP) is 10.00. The highest BCUT2D eigenvalue weighted by Crippen LogP contribution is 2.50. The van der Waals surface area contributed by atoms with E-state index in [-0.39, 0.29) is 5.41 Å². The van der Waals surface area contributed by atoms with Gasteiger partial charge in [-0.2, -0.15) is 0 Å². The Balaban J connectivity index is 1.19. The minimum Gasteiger partial charge on any atom is -0.208 e. The second-order valence-electron chi connectivity index (χ2n) is 11.7. The van der Waals surface area contributed by atoms with Gasteiger partial charge in [-0.05, 0) is 62.4 Å². The van der Waals surface area contributed by atoms with Crippen molar-refractivity contribution in [1.29, 1.82) is 0 Å². The number of nitrogens with zero attached hydrogens (tertiary/aromatic N) is 3. The van der Waals surface area contributed by atoms with Crippen LogP contribution in [-0.2, 0) is 5.41 Å². The molecule has 0 spiro atoms. The maximum Gasteiger partial charge on any atom is 0.164 e. The molecule has 0 atom stereocenters. The molecule has 43 heavy (non-hydrogen) atoms. The average molecular weight is 552 g/mol. The first-order valence-corrected chi connectivity index (χ1v) is 14.7. The van der Waals surface area contributed by atoms with Gasteiger partial charge in [-0.3, -0.25) is 0 Å². The molecule has 1 aromatic heterocycles. The Bertz CT molecular complexity index is 2070. The Labute approximate surface area is 251 Å². The van der Waals surface area contributed by atoms with Gasteiger partial charge in [0, 0.05) is 22.1 Å². The Kier molecular flexibility index (Phi) is 5.80. The van der Waals surface area contributed by atoms with Crippen molar-refractivity contribution in [3.63, 3.8) is 0 Å². The summed E-state index contributed by atoms with van der Waals surface area (Å²) in [4.78, 5) is 14.6. The fraction of sp³-hybridized carbons (Fsp3) is 0.0750. The van der Waals surface area contributed by atoms with Crippen molar-refractivity contribution in [3.05, 3.63) is 151 Å². The molecule has 0 N–H and O–H groups in total. The van der Waals surface area contributed by atoms with Crippen molar-refractivity contribution < 1.29 is 0 Å². The molecule has 0 unspecified atom stereocenters. The molecule has 0 radical (unpaired) electrons. The lowest BCUT2D eigenvalue weighted by Gasteiger charge is -2.22. The second kappa shape index (κ2) is 9.85. The zero-order valence-corrected chi connectivity index (χ0v) is 24.1. The topological polar surface area (TPSA) is 38.7 Å². The minimum absolute atomic E-state index is 0.0390. The zero-order valence-electron chi connectivity index (χ0n) is 24.1. The predicted molar refractivity (Wildman–Crippen MR) is 177 cm³/mol. The molecule has 1 aliphatic rings. The molecule has 3 nitrogen and oxygen atoms in total. The molecule has 8 rings (SSSR count). The van der Waals surface area contributed by atoms with E-state index in [0.29, 0.717) is 17.5 Å². The van der Waals surface area contributed by atoms with Gasteiger partial charge < -0.3 is 0 Å². The van der Waals surface area contributed by atoms with Crippen LogP contribution in [0.5, 0.6) is 0 Å². The van der Waals surface area contributed by atoms with Gasteiger partial charge in [-0.25, -0.2) is 15.0 Å². The number of benzene rings is 6. The van der Waals surface area contributed by atoms with E-state index in [1.165, 1.54) is 44.2 Å². The standard InChI is InChI=1S/C40H29N3/c1-40(2)35-22-21-32(24-33(35)34-23-30-15-9-10-16-31(30)25-36(34)40)26-17-19-29(20-18-26)39-42-37(27-11-5-3-6-12-27)41-38(43-39)28-13-7-4-8-14-28/h3-25H,1-2H3. The van der Waals surface area contributed by atoms with E-state index in [1.54, 1.807) is 0 Å². The van der Waals surface area contributed by atoms with Crippen molar-refractivity contribution in [3.8, 4) is 56.4 Å². The molecule has 0 fully saturated rings. The molecular weight excluding hydrogens is 522 g/mol. The van der Waals surface area contributed by atoms with Gasteiger partial charge in [0.05, 0.1) is 0 Å². The molecule has 0 aliphatic heterocycles. The molecule has 6 aromatic carbocycles. The highest BCUT2D eigenvalue weighted by molar-refractivity contribution is 5.94. The molecule has 0 amide bonds. The molecule has 3 heteroatoms. The lowest BCUT2D eigenvalue weighted by molar-refractivity contribution is 0.661. The monoisotopic (exact) mass is 551 g/mol. The quantitative estimate of drug-likeness (QED) is 0.218. The van der Waals surface area contributed by atoms with Crippen LogP contribution in [0.4, 0.5) is 0 Å². The van der Waals surface area contributed by atoms with Crippen LogP contribution < -0.4 is 0 Å². The van der Waals surface area contributed by atoms with Crippen LogP contribution in [0.15, 0.2) is 140 Å². The second-order valence-corrected chi connectivity index (χ2v) is 11.7. The van der Waals surface area contributed by atoms with Gasteiger partial charge in [0.15, 0.2) is 17.5 Å². The Hall–Kier alpha value is -5.41. The van der Waals surface area contributed by atoms with Crippen LogP contribution >= 0.6 is 0 Å². The fourth-order valence-corrected chi connectivity index (χ4v) is 6.37. The molecule has 1 aliphatic carbocycles. The van der Waals surface area contributed by atoms with Crippen LogP contribution in [0.2, 0.25) is 0 Å². The van der Waals surface area contributed by atoms with Gasteiger partial charge in [0.1, 0.15) is 0 Å². The number of hydrogen-bond donors (Lipinski definition) is 0. The van der Waals surface area contributed by atoms with E-state index >= 15 is 0 Å². The first-order valence-electron chi connectivity index (χ1n) is 14.7. The molecule has 7 aromatic rings. The fourth-order valence-electron chi connectivity index (χ4n) is 6.37. The molecule has 0 saturated heterocycles. The van der Waals surface area contributed by atoms with Crippen molar-refractivity contribution >= 4 is 10.8 Å². The summed E-state index contributed by atoms with van der Waals surface area (Å²) in [5.74, 6) is 2.00. The lowest BCUT2D eigenvalue weighted by atomic mass is 9.81. The van der Waals surface area contributed by atoms with Gasteiger partial charge in [0.25, 0.3) is 0 Å². The first kappa shape index (κ1) is 25.3.